The molecule has 1 aliphatic heterocycles. The van der Waals surface area contributed by atoms with E-state index in [1.54, 1.807) is 0 Å². The van der Waals surface area contributed by atoms with Crippen molar-refractivity contribution in [3.8, 4) is 0 Å². The molecule has 21 heavy (non-hydrogen) atoms. The summed E-state index contributed by atoms with van der Waals surface area (Å²) < 4.78 is 6.06. The predicted molar refractivity (Wildman–Crippen MR) is 87.1 cm³/mol. The first-order valence-electron chi connectivity index (χ1n) is 9.05. The highest BCUT2D eigenvalue weighted by Crippen LogP contribution is 2.67. The lowest BCUT2D eigenvalue weighted by Crippen LogP contribution is -2.53. The van der Waals surface area contributed by atoms with Crippen LogP contribution in [0.2, 0.25) is 0 Å². The van der Waals surface area contributed by atoms with Crippen LogP contribution in [0.5, 0.6) is 0 Å². The zero-order chi connectivity index (χ0) is 15.1. The lowest BCUT2D eigenvalue weighted by atomic mass is 9.44. The van der Waals surface area contributed by atoms with Crippen LogP contribution in [0.4, 0.5) is 0 Å². The molecule has 0 amide bonds. The summed E-state index contributed by atoms with van der Waals surface area (Å²) >= 11 is 0. The summed E-state index contributed by atoms with van der Waals surface area (Å²) in [5, 5.41) is 0. The third-order valence-electron chi connectivity index (χ3n) is 8.06. The van der Waals surface area contributed by atoms with Crippen molar-refractivity contribution < 1.29 is 4.74 Å². The van der Waals surface area contributed by atoms with Crippen molar-refractivity contribution in [3.63, 3.8) is 0 Å². The first-order valence-corrected chi connectivity index (χ1v) is 9.05. The summed E-state index contributed by atoms with van der Waals surface area (Å²) in [5.74, 6) is 1.73. The molecule has 0 aromatic heterocycles. The van der Waals surface area contributed by atoms with Crippen molar-refractivity contribution in [1.82, 2.24) is 0 Å². The monoisotopic (exact) mass is 288 g/mol. The van der Waals surface area contributed by atoms with E-state index in [1.807, 2.05) is 0 Å². The van der Waals surface area contributed by atoms with Crippen LogP contribution in [0.1, 0.15) is 73.1 Å². The Balaban J connectivity index is 1.72. The average molecular weight is 288 g/mol. The molecule has 0 N–H and O–H groups in total. The Kier molecular flexibility index (Phi) is 2.70. The summed E-state index contributed by atoms with van der Waals surface area (Å²) in [4.78, 5) is 0. The van der Waals surface area contributed by atoms with E-state index < -0.39 is 0 Å². The van der Waals surface area contributed by atoms with Crippen LogP contribution in [-0.2, 0) is 4.74 Å². The molecule has 4 aliphatic rings. The average Bonchev–Trinajstić information content (AvgIpc) is 2.97. The SMILES string of the molecule is CC1(C)C=CC[C@@]2(C)[C@H]1CC[C@@]1(C)C[C@H]3O[C@@]3(C)CC[C@@H]12. The Hall–Kier alpha value is -0.300. The summed E-state index contributed by atoms with van der Waals surface area (Å²) in [7, 11) is 0. The topological polar surface area (TPSA) is 12.5 Å². The molecule has 1 heteroatoms. The standard InChI is InChI=1S/C20H32O/c1-17(2)9-6-10-19(4)14(17)7-11-18(3)13-16-20(5,21-16)12-8-15(18)19/h6,9,14-16H,7-8,10-13H2,1-5H3/t14-,15-,16+,18-,19-,20-/m0/s1. The van der Waals surface area contributed by atoms with Gasteiger partial charge in [0.1, 0.15) is 0 Å². The first kappa shape index (κ1) is 14.3. The number of epoxide rings is 1. The summed E-state index contributed by atoms with van der Waals surface area (Å²) in [5.41, 5.74) is 1.61. The molecule has 3 fully saturated rings. The third kappa shape index (κ3) is 1.85. The molecule has 1 saturated heterocycles. The van der Waals surface area contributed by atoms with Gasteiger partial charge in [-0.3, -0.25) is 0 Å². The highest BCUT2D eigenvalue weighted by Gasteiger charge is 2.64. The molecule has 0 aromatic carbocycles. The van der Waals surface area contributed by atoms with E-state index in [0.29, 0.717) is 22.3 Å². The van der Waals surface area contributed by atoms with Gasteiger partial charge in [-0.1, -0.05) is 39.8 Å². The number of hydrogen-bond acceptors (Lipinski definition) is 1. The van der Waals surface area contributed by atoms with E-state index in [0.717, 1.165) is 11.8 Å². The van der Waals surface area contributed by atoms with Crippen LogP contribution in [0.3, 0.4) is 0 Å². The van der Waals surface area contributed by atoms with Gasteiger partial charge in [0, 0.05) is 0 Å². The Morgan fingerprint density at radius 1 is 0.952 bits per heavy atom. The van der Waals surface area contributed by atoms with Crippen LogP contribution in [0.25, 0.3) is 0 Å². The Labute approximate surface area is 130 Å². The van der Waals surface area contributed by atoms with Crippen molar-refractivity contribution >= 4 is 0 Å². The minimum Gasteiger partial charge on any atom is -0.366 e. The highest BCUT2D eigenvalue weighted by molar-refractivity contribution is 5.18. The fraction of sp³-hybridized carbons (Fsp3) is 0.900. The molecule has 1 heterocycles. The molecule has 118 valence electrons. The van der Waals surface area contributed by atoms with Crippen LogP contribution < -0.4 is 0 Å². The second-order valence-electron chi connectivity index (χ2n) is 9.89. The number of hydrogen-bond donors (Lipinski definition) is 0. The zero-order valence-corrected chi connectivity index (χ0v) is 14.5. The summed E-state index contributed by atoms with van der Waals surface area (Å²) in [6.45, 7) is 12.5. The summed E-state index contributed by atoms with van der Waals surface area (Å²) in [6, 6.07) is 0. The van der Waals surface area contributed by atoms with E-state index in [1.165, 1.54) is 38.5 Å². The summed E-state index contributed by atoms with van der Waals surface area (Å²) in [6.07, 6.45) is 13.6. The maximum atomic E-state index is 6.06. The second kappa shape index (κ2) is 3.96. The van der Waals surface area contributed by atoms with Crippen LogP contribution >= 0.6 is 0 Å². The smallest absolute Gasteiger partial charge is 0.0920 e. The lowest BCUT2D eigenvalue weighted by Gasteiger charge is -2.61. The van der Waals surface area contributed by atoms with Gasteiger partial charge in [0.05, 0.1) is 11.7 Å². The van der Waals surface area contributed by atoms with Gasteiger partial charge in [0.15, 0.2) is 0 Å². The first-order chi connectivity index (χ1) is 9.70. The van der Waals surface area contributed by atoms with Crippen LogP contribution in [0, 0.1) is 28.1 Å². The molecule has 4 rings (SSSR count). The van der Waals surface area contributed by atoms with Crippen molar-refractivity contribution in [1.29, 1.82) is 0 Å². The van der Waals surface area contributed by atoms with Gasteiger partial charge in [-0.25, -0.2) is 0 Å². The van der Waals surface area contributed by atoms with Crippen molar-refractivity contribution in [2.24, 2.45) is 28.1 Å². The lowest BCUT2D eigenvalue weighted by molar-refractivity contribution is -0.102. The fourth-order valence-electron chi connectivity index (χ4n) is 6.80. The second-order valence-corrected chi connectivity index (χ2v) is 9.89. The molecule has 3 aliphatic carbocycles. The minimum atomic E-state index is 0.228. The normalized spacial score (nSPS) is 57.7. The van der Waals surface area contributed by atoms with Gasteiger partial charge in [-0.2, -0.15) is 0 Å². The van der Waals surface area contributed by atoms with Crippen molar-refractivity contribution in [2.45, 2.75) is 84.8 Å². The molecule has 0 aromatic rings. The van der Waals surface area contributed by atoms with E-state index in [4.69, 9.17) is 4.74 Å². The Morgan fingerprint density at radius 3 is 2.43 bits per heavy atom. The van der Waals surface area contributed by atoms with Gasteiger partial charge in [-0.15, -0.1) is 0 Å². The van der Waals surface area contributed by atoms with E-state index in [9.17, 15) is 0 Å². The van der Waals surface area contributed by atoms with Gasteiger partial charge in [-0.05, 0) is 73.5 Å². The fourth-order valence-corrected chi connectivity index (χ4v) is 6.80. The van der Waals surface area contributed by atoms with E-state index in [2.05, 4.69) is 46.8 Å². The molecular weight excluding hydrogens is 256 g/mol. The number of ether oxygens (including phenoxy) is 1. The van der Waals surface area contributed by atoms with E-state index in [-0.39, 0.29) is 5.60 Å². The molecule has 1 nitrogen and oxygen atoms in total. The quantitative estimate of drug-likeness (QED) is 0.432. The minimum absolute atomic E-state index is 0.228. The molecule has 0 spiro atoms. The van der Waals surface area contributed by atoms with Crippen molar-refractivity contribution in [2.75, 3.05) is 0 Å². The molecule has 0 radical (unpaired) electrons. The molecule has 6 atom stereocenters. The largest absolute Gasteiger partial charge is 0.366 e. The van der Waals surface area contributed by atoms with Crippen molar-refractivity contribution in [3.05, 3.63) is 12.2 Å². The number of allylic oxidation sites excluding steroid dienone is 2. The van der Waals surface area contributed by atoms with Gasteiger partial charge in [0.25, 0.3) is 0 Å². The molecule has 0 bridgehead atoms. The molecular formula is C20H32O. The van der Waals surface area contributed by atoms with Gasteiger partial charge < -0.3 is 4.74 Å². The Bertz CT molecular complexity index is 492. The highest BCUT2D eigenvalue weighted by atomic mass is 16.6. The zero-order valence-electron chi connectivity index (χ0n) is 14.5. The van der Waals surface area contributed by atoms with Crippen LogP contribution in [0.15, 0.2) is 12.2 Å². The van der Waals surface area contributed by atoms with Gasteiger partial charge >= 0.3 is 0 Å². The molecule has 2 saturated carbocycles. The Morgan fingerprint density at radius 2 is 1.67 bits per heavy atom. The predicted octanol–water partition coefficient (Wildman–Crippen LogP) is 5.35. The maximum absolute atomic E-state index is 6.06. The number of fused-ring (bicyclic) bond motifs is 4. The maximum Gasteiger partial charge on any atom is 0.0920 e. The van der Waals surface area contributed by atoms with E-state index >= 15 is 0 Å². The number of rotatable bonds is 0. The van der Waals surface area contributed by atoms with Gasteiger partial charge in [0.2, 0.25) is 0 Å². The van der Waals surface area contributed by atoms with Crippen LogP contribution in [-0.4, -0.2) is 11.7 Å². The third-order valence-corrected chi connectivity index (χ3v) is 8.06. The molecule has 0 unspecified atom stereocenters.